The Morgan fingerprint density at radius 1 is 1.25 bits per heavy atom. The first-order chi connectivity index (χ1) is 11.4. The minimum atomic E-state index is -2.96. The number of carbonyl (C=O) groups excluding carboxylic acids is 1. The van der Waals surface area contributed by atoms with Crippen LogP contribution in [0.1, 0.15) is 6.42 Å². The Balaban J connectivity index is 1.43. The molecule has 132 valence electrons. The van der Waals surface area contributed by atoms with Crippen molar-refractivity contribution in [3.63, 3.8) is 0 Å². The van der Waals surface area contributed by atoms with Crippen LogP contribution < -0.4 is 15.1 Å². The summed E-state index contributed by atoms with van der Waals surface area (Å²) in [6.45, 7) is 3.81. The van der Waals surface area contributed by atoms with E-state index in [4.69, 9.17) is 0 Å². The summed E-state index contributed by atoms with van der Waals surface area (Å²) in [6.07, 6.45) is 0.526. The molecule has 0 saturated carbocycles. The van der Waals surface area contributed by atoms with Crippen molar-refractivity contribution >= 4 is 21.4 Å². The monoisotopic (exact) mass is 354 g/mol. The maximum absolute atomic E-state index is 12.1. The Labute approximate surface area is 142 Å². The van der Waals surface area contributed by atoms with E-state index in [0.29, 0.717) is 13.0 Å². The number of amides is 1. The molecule has 1 amide bonds. The van der Waals surface area contributed by atoms with Crippen LogP contribution in [-0.2, 0) is 14.6 Å². The summed E-state index contributed by atoms with van der Waals surface area (Å²) in [5.41, 5.74) is 1.08. The number of nitrogens with one attached hydrogen (secondary N) is 2. The lowest BCUT2D eigenvalue weighted by Crippen LogP contribution is -3.16. The number of hydrogen-bond donors (Lipinski definition) is 3. The number of hydrogen-bond acceptors (Lipinski definition) is 5. The third kappa shape index (κ3) is 4.39. The molecule has 24 heavy (non-hydrogen) atoms. The average Bonchev–Trinajstić information content (AvgIpc) is 2.87. The van der Waals surface area contributed by atoms with E-state index in [1.54, 1.807) is 12.1 Å². The molecule has 2 aliphatic heterocycles. The smallest absolute Gasteiger partial charge is 0.275 e. The largest absolute Gasteiger partial charge is 0.508 e. The van der Waals surface area contributed by atoms with Gasteiger partial charge in [0, 0.05) is 11.7 Å². The molecular formula is C16H24N3O4S+. The maximum atomic E-state index is 12.1. The zero-order valence-corrected chi connectivity index (χ0v) is 14.4. The van der Waals surface area contributed by atoms with Crippen LogP contribution in [0.2, 0.25) is 0 Å². The number of piperazine rings is 1. The fourth-order valence-electron chi connectivity index (χ4n) is 3.34. The number of rotatable bonds is 4. The molecule has 7 nitrogen and oxygen atoms in total. The molecule has 2 heterocycles. The Morgan fingerprint density at radius 3 is 2.50 bits per heavy atom. The topological polar surface area (TPSA) is 91.2 Å². The summed E-state index contributed by atoms with van der Waals surface area (Å²) >= 11 is 0. The first-order valence-corrected chi connectivity index (χ1v) is 10.1. The van der Waals surface area contributed by atoms with Gasteiger partial charge >= 0.3 is 0 Å². The molecule has 8 heteroatoms. The van der Waals surface area contributed by atoms with Gasteiger partial charge in [0.05, 0.1) is 37.7 Å². The molecule has 0 radical (unpaired) electrons. The summed E-state index contributed by atoms with van der Waals surface area (Å²) in [5.74, 6) is 0.442. The van der Waals surface area contributed by atoms with Crippen molar-refractivity contribution in [2.24, 2.45) is 0 Å². The van der Waals surface area contributed by atoms with E-state index in [0.717, 1.165) is 31.9 Å². The van der Waals surface area contributed by atoms with Crippen molar-refractivity contribution in [3.05, 3.63) is 24.3 Å². The second-order valence-electron chi connectivity index (χ2n) is 6.60. The number of nitrogens with zero attached hydrogens (tertiary/aromatic N) is 1. The highest BCUT2D eigenvalue weighted by Gasteiger charge is 2.30. The van der Waals surface area contributed by atoms with Crippen molar-refractivity contribution in [2.45, 2.75) is 12.5 Å². The zero-order chi connectivity index (χ0) is 17.2. The molecule has 0 aromatic heterocycles. The fourth-order valence-corrected chi connectivity index (χ4v) is 5.01. The Hall–Kier alpha value is -1.80. The SMILES string of the molecule is O=C(C[NH+]1CCN(c2ccc(O)cc2)CC1)N[C@@H]1CCS(=O)(=O)C1. The van der Waals surface area contributed by atoms with Crippen LogP contribution in [0.5, 0.6) is 5.75 Å². The van der Waals surface area contributed by atoms with Crippen LogP contribution in [0.15, 0.2) is 24.3 Å². The van der Waals surface area contributed by atoms with Gasteiger partial charge in [0.1, 0.15) is 5.75 Å². The van der Waals surface area contributed by atoms with Gasteiger partial charge in [-0.2, -0.15) is 0 Å². The summed E-state index contributed by atoms with van der Waals surface area (Å²) in [5, 5.41) is 12.2. The van der Waals surface area contributed by atoms with Gasteiger partial charge in [-0.15, -0.1) is 0 Å². The van der Waals surface area contributed by atoms with E-state index in [9.17, 15) is 18.3 Å². The van der Waals surface area contributed by atoms with Gasteiger partial charge in [0.25, 0.3) is 5.91 Å². The summed E-state index contributed by atoms with van der Waals surface area (Å²) in [6, 6.07) is 6.93. The molecule has 0 aliphatic carbocycles. The van der Waals surface area contributed by atoms with E-state index in [-0.39, 0.29) is 29.2 Å². The van der Waals surface area contributed by atoms with E-state index < -0.39 is 9.84 Å². The lowest BCUT2D eigenvalue weighted by Gasteiger charge is -2.33. The van der Waals surface area contributed by atoms with Crippen molar-refractivity contribution in [2.75, 3.05) is 49.1 Å². The fraction of sp³-hybridized carbons (Fsp3) is 0.562. The number of sulfone groups is 1. The van der Waals surface area contributed by atoms with Gasteiger partial charge in [-0.3, -0.25) is 4.79 Å². The van der Waals surface area contributed by atoms with Crippen LogP contribution in [0.25, 0.3) is 0 Å². The van der Waals surface area contributed by atoms with Gasteiger partial charge in [-0.25, -0.2) is 8.42 Å². The second-order valence-corrected chi connectivity index (χ2v) is 8.83. The quantitative estimate of drug-likeness (QED) is 0.606. The van der Waals surface area contributed by atoms with Gasteiger partial charge in [0.15, 0.2) is 16.4 Å². The summed E-state index contributed by atoms with van der Waals surface area (Å²) < 4.78 is 22.9. The lowest BCUT2D eigenvalue weighted by molar-refractivity contribution is -0.892. The molecule has 1 aromatic rings. The van der Waals surface area contributed by atoms with Crippen LogP contribution in [-0.4, -0.2) is 69.7 Å². The van der Waals surface area contributed by atoms with Gasteiger partial charge < -0.3 is 20.2 Å². The van der Waals surface area contributed by atoms with Crippen molar-refractivity contribution in [1.82, 2.24) is 5.32 Å². The highest BCUT2D eigenvalue weighted by molar-refractivity contribution is 7.91. The van der Waals surface area contributed by atoms with Crippen molar-refractivity contribution in [3.8, 4) is 5.75 Å². The molecule has 2 fully saturated rings. The third-order valence-electron chi connectivity index (χ3n) is 4.69. The average molecular weight is 354 g/mol. The van der Waals surface area contributed by atoms with Crippen LogP contribution in [0.4, 0.5) is 5.69 Å². The zero-order valence-electron chi connectivity index (χ0n) is 13.6. The molecule has 1 aromatic carbocycles. The van der Waals surface area contributed by atoms with Crippen LogP contribution in [0, 0.1) is 0 Å². The number of benzene rings is 1. The van der Waals surface area contributed by atoms with Gasteiger partial charge in [-0.1, -0.05) is 0 Å². The number of phenols is 1. The second kappa shape index (κ2) is 6.98. The predicted molar refractivity (Wildman–Crippen MR) is 91.1 cm³/mol. The Morgan fingerprint density at radius 2 is 1.92 bits per heavy atom. The number of quaternary nitrogens is 1. The molecule has 0 unspecified atom stereocenters. The summed E-state index contributed by atoms with van der Waals surface area (Å²) in [4.78, 5) is 15.6. The van der Waals surface area contributed by atoms with Crippen LogP contribution >= 0.6 is 0 Å². The van der Waals surface area contributed by atoms with Gasteiger partial charge in [0.2, 0.25) is 0 Å². The first kappa shape index (κ1) is 17.0. The third-order valence-corrected chi connectivity index (χ3v) is 6.46. The van der Waals surface area contributed by atoms with E-state index >= 15 is 0 Å². The highest BCUT2D eigenvalue weighted by atomic mass is 32.2. The highest BCUT2D eigenvalue weighted by Crippen LogP contribution is 2.18. The maximum Gasteiger partial charge on any atom is 0.275 e. The number of anilines is 1. The van der Waals surface area contributed by atoms with Gasteiger partial charge in [-0.05, 0) is 30.7 Å². The first-order valence-electron chi connectivity index (χ1n) is 8.29. The standard InChI is InChI=1S/C16H23N3O4S/c20-15-3-1-14(2-4-15)19-8-6-18(7-9-19)11-16(21)17-13-5-10-24(22,23)12-13/h1-4,13,20H,5-12H2,(H,17,21)/p+1/t13-/m1/s1. The van der Waals surface area contributed by atoms with E-state index in [2.05, 4.69) is 10.2 Å². The minimum Gasteiger partial charge on any atom is -0.508 e. The molecule has 3 rings (SSSR count). The van der Waals surface area contributed by atoms with E-state index in [1.807, 2.05) is 12.1 Å². The minimum absolute atomic E-state index is 0.0646. The Bertz CT molecular complexity index is 682. The van der Waals surface area contributed by atoms with Crippen LogP contribution in [0.3, 0.4) is 0 Å². The molecule has 0 bridgehead atoms. The van der Waals surface area contributed by atoms with Crippen molar-refractivity contribution < 1.29 is 23.2 Å². The lowest BCUT2D eigenvalue weighted by atomic mass is 10.2. The molecule has 3 N–H and O–H groups in total. The summed E-state index contributed by atoms with van der Waals surface area (Å²) in [7, 11) is -2.96. The van der Waals surface area contributed by atoms with Crippen molar-refractivity contribution in [1.29, 1.82) is 0 Å². The Kier molecular flexibility index (Phi) is 4.96. The molecule has 1 atom stereocenters. The molecule has 2 saturated heterocycles. The molecular weight excluding hydrogens is 330 g/mol. The number of aromatic hydroxyl groups is 1. The normalized spacial score (nSPS) is 24.0. The van der Waals surface area contributed by atoms with E-state index in [1.165, 1.54) is 4.90 Å². The predicted octanol–water partition coefficient (Wildman–Crippen LogP) is -1.60. The number of phenolic OH excluding ortho intramolecular Hbond substituents is 1. The number of carbonyl (C=O) groups is 1. The molecule has 2 aliphatic rings. The molecule has 0 spiro atoms.